The van der Waals surface area contributed by atoms with Crippen LogP contribution in [0.15, 0.2) is 4.36 Å². The van der Waals surface area contributed by atoms with Crippen molar-refractivity contribution < 1.29 is 18.9 Å². The van der Waals surface area contributed by atoms with Gasteiger partial charge in [0.15, 0.2) is 0 Å². The number of carboxylic acids is 1. The van der Waals surface area contributed by atoms with Crippen molar-refractivity contribution in [2.24, 2.45) is 10.1 Å². The second kappa shape index (κ2) is 5.06. The van der Waals surface area contributed by atoms with Crippen molar-refractivity contribution in [1.29, 1.82) is 0 Å². The summed E-state index contributed by atoms with van der Waals surface area (Å²) in [5.41, 5.74) is 5.20. The number of rotatable bonds is 4. The Morgan fingerprint density at radius 3 is 2.43 bits per heavy atom. The summed E-state index contributed by atoms with van der Waals surface area (Å²) in [5, 5.41) is 8.45. The number of hydrogen-bond acceptors (Lipinski definition) is 4. The zero-order chi connectivity index (χ0) is 11.4. The number of nitrogens with zero attached hydrogens (tertiary/aromatic N) is 1. The molecular weight excluding hydrogens is 208 g/mol. The van der Waals surface area contributed by atoms with Crippen LogP contribution in [0.3, 0.4) is 0 Å². The van der Waals surface area contributed by atoms with Crippen LogP contribution >= 0.6 is 0 Å². The van der Waals surface area contributed by atoms with Crippen LogP contribution in [-0.2, 0) is 19.3 Å². The monoisotopic (exact) mass is 222 g/mol. The first-order chi connectivity index (χ1) is 6.24. The smallest absolute Gasteiger partial charge is 0.320 e. The molecule has 0 aromatic rings. The van der Waals surface area contributed by atoms with Crippen LogP contribution in [-0.4, -0.2) is 39.2 Å². The van der Waals surface area contributed by atoms with Gasteiger partial charge in [0.05, 0.1) is 9.73 Å². The third-order valence-electron chi connectivity index (χ3n) is 1.45. The van der Waals surface area contributed by atoms with Gasteiger partial charge in [-0.3, -0.25) is 9.59 Å². The molecule has 0 heterocycles. The summed E-state index contributed by atoms with van der Waals surface area (Å²) in [6, 6.07) is -1.06. The Bertz CT molecular complexity index is 344. The van der Waals surface area contributed by atoms with Gasteiger partial charge in [-0.2, -0.15) is 4.36 Å². The minimum absolute atomic E-state index is 0.0139. The summed E-state index contributed by atoms with van der Waals surface area (Å²) in [5.74, 6) is -1.66. The van der Waals surface area contributed by atoms with Crippen LogP contribution in [0.2, 0.25) is 0 Å². The van der Waals surface area contributed by atoms with Crippen LogP contribution in [0.4, 0.5) is 0 Å². The van der Waals surface area contributed by atoms with Crippen molar-refractivity contribution in [2.75, 3.05) is 12.0 Å². The molecule has 0 aliphatic carbocycles. The fraction of sp³-hybridized carbons (Fsp3) is 0.714. The van der Waals surface area contributed by atoms with E-state index in [-0.39, 0.29) is 12.2 Å². The maximum Gasteiger partial charge on any atom is 0.320 e. The number of hydrogen-bond donors (Lipinski definition) is 2. The standard InChI is InChI=1S/C7H14N2O4S/c1-5(10)9-14(2,13)4-3-6(8)7(11)12/h6H,3-4,8H2,1-2H3,(H,11,12). The normalized spacial score (nSPS) is 16.8. The number of carbonyl (C=O) groups is 2. The molecule has 0 saturated carbocycles. The molecule has 82 valence electrons. The van der Waals surface area contributed by atoms with Gasteiger partial charge in [0.25, 0.3) is 5.91 Å². The van der Waals surface area contributed by atoms with E-state index in [0.29, 0.717) is 0 Å². The Morgan fingerprint density at radius 2 is 2.07 bits per heavy atom. The highest BCUT2D eigenvalue weighted by Gasteiger charge is 2.13. The minimum Gasteiger partial charge on any atom is -0.480 e. The zero-order valence-electron chi connectivity index (χ0n) is 8.10. The van der Waals surface area contributed by atoms with Crippen molar-refractivity contribution in [3.05, 3.63) is 0 Å². The quantitative estimate of drug-likeness (QED) is 0.662. The van der Waals surface area contributed by atoms with E-state index < -0.39 is 27.6 Å². The molecule has 0 radical (unpaired) electrons. The molecule has 0 spiro atoms. The van der Waals surface area contributed by atoms with Crippen LogP contribution in [0.25, 0.3) is 0 Å². The number of carboxylic acid groups (broad SMARTS) is 1. The highest BCUT2D eigenvalue weighted by Crippen LogP contribution is 1.98. The molecule has 0 aromatic heterocycles. The Hall–Kier alpha value is -0.950. The molecule has 2 unspecified atom stereocenters. The largest absolute Gasteiger partial charge is 0.480 e. The molecule has 7 heteroatoms. The maximum absolute atomic E-state index is 11.5. The van der Waals surface area contributed by atoms with Crippen LogP contribution in [0, 0.1) is 0 Å². The summed E-state index contributed by atoms with van der Waals surface area (Å²) in [4.78, 5) is 20.9. The summed E-state index contributed by atoms with van der Waals surface area (Å²) in [7, 11) is -2.63. The van der Waals surface area contributed by atoms with E-state index in [2.05, 4.69) is 4.36 Å². The summed E-state index contributed by atoms with van der Waals surface area (Å²) in [6.45, 7) is 1.19. The molecular formula is C7H14N2O4S. The fourth-order valence-electron chi connectivity index (χ4n) is 0.787. The first kappa shape index (κ1) is 13.1. The van der Waals surface area contributed by atoms with Crippen molar-refractivity contribution in [1.82, 2.24) is 0 Å². The number of amides is 1. The van der Waals surface area contributed by atoms with Gasteiger partial charge >= 0.3 is 5.97 Å². The Balaban J connectivity index is 4.34. The predicted molar refractivity (Wildman–Crippen MR) is 52.3 cm³/mol. The molecule has 0 saturated heterocycles. The Labute approximate surface area is 82.7 Å². The third-order valence-corrected chi connectivity index (χ3v) is 3.08. The maximum atomic E-state index is 11.5. The third kappa shape index (κ3) is 5.65. The van der Waals surface area contributed by atoms with Gasteiger partial charge in [-0.05, 0) is 6.42 Å². The van der Waals surface area contributed by atoms with Crippen LogP contribution in [0.5, 0.6) is 0 Å². The average Bonchev–Trinajstić information content (AvgIpc) is 1.97. The highest BCUT2D eigenvalue weighted by molar-refractivity contribution is 7.93. The van der Waals surface area contributed by atoms with Crippen molar-refractivity contribution in [3.8, 4) is 0 Å². The van der Waals surface area contributed by atoms with E-state index in [9.17, 15) is 13.8 Å². The first-order valence-electron chi connectivity index (χ1n) is 3.93. The van der Waals surface area contributed by atoms with Gasteiger partial charge in [0.2, 0.25) is 0 Å². The van der Waals surface area contributed by atoms with E-state index in [4.69, 9.17) is 10.8 Å². The van der Waals surface area contributed by atoms with Crippen molar-refractivity contribution >= 4 is 21.6 Å². The van der Waals surface area contributed by atoms with Crippen LogP contribution < -0.4 is 5.73 Å². The lowest BCUT2D eigenvalue weighted by atomic mass is 10.2. The first-order valence-corrected chi connectivity index (χ1v) is 6.02. The summed E-state index contributed by atoms with van der Waals surface area (Å²) >= 11 is 0. The molecule has 0 rings (SSSR count). The lowest BCUT2D eigenvalue weighted by Crippen LogP contribution is -2.32. The number of aliphatic carboxylic acids is 1. The van der Waals surface area contributed by atoms with E-state index >= 15 is 0 Å². The van der Waals surface area contributed by atoms with E-state index in [1.54, 1.807) is 0 Å². The molecule has 0 aromatic carbocycles. The van der Waals surface area contributed by atoms with Gasteiger partial charge in [-0.1, -0.05) is 0 Å². The van der Waals surface area contributed by atoms with Gasteiger partial charge in [-0.25, -0.2) is 4.21 Å². The van der Waals surface area contributed by atoms with Gasteiger partial charge in [-0.15, -0.1) is 0 Å². The molecule has 2 atom stereocenters. The molecule has 3 N–H and O–H groups in total. The average molecular weight is 222 g/mol. The lowest BCUT2D eigenvalue weighted by Gasteiger charge is -2.06. The van der Waals surface area contributed by atoms with Crippen LogP contribution in [0.1, 0.15) is 13.3 Å². The number of carbonyl (C=O) groups excluding carboxylic acids is 1. The molecule has 6 nitrogen and oxygen atoms in total. The second-order valence-electron chi connectivity index (χ2n) is 3.01. The summed E-state index contributed by atoms with van der Waals surface area (Å²) < 4.78 is 14.9. The molecule has 0 bridgehead atoms. The topological polar surface area (TPSA) is 110 Å². The molecule has 0 aliphatic rings. The summed E-state index contributed by atoms with van der Waals surface area (Å²) in [6.07, 6.45) is 1.35. The van der Waals surface area contributed by atoms with E-state index in [1.807, 2.05) is 0 Å². The van der Waals surface area contributed by atoms with E-state index in [1.165, 1.54) is 13.2 Å². The Morgan fingerprint density at radius 1 is 1.57 bits per heavy atom. The fourth-order valence-corrected chi connectivity index (χ4v) is 2.11. The Kier molecular flexibility index (Phi) is 4.72. The predicted octanol–water partition coefficient (Wildman–Crippen LogP) is -0.567. The van der Waals surface area contributed by atoms with Gasteiger partial charge < -0.3 is 10.8 Å². The van der Waals surface area contributed by atoms with Crippen molar-refractivity contribution in [3.63, 3.8) is 0 Å². The van der Waals surface area contributed by atoms with Gasteiger partial charge in [0, 0.05) is 18.9 Å². The highest BCUT2D eigenvalue weighted by atomic mass is 32.2. The van der Waals surface area contributed by atoms with Crippen molar-refractivity contribution in [2.45, 2.75) is 19.4 Å². The molecule has 1 amide bonds. The number of nitrogens with two attached hydrogens (primary N) is 1. The molecule has 14 heavy (non-hydrogen) atoms. The molecule has 0 aliphatic heterocycles. The zero-order valence-corrected chi connectivity index (χ0v) is 8.91. The minimum atomic E-state index is -2.63. The SMILES string of the molecule is CC(=O)N=S(C)(=O)CCC(N)C(=O)O. The van der Waals surface area contributed by atoms with Gasteiger partial charge in [0.1, 0.15) is 6.04 Å². The lowest BCUT2D eigenvalue weighted by molar-refractivity contribution is -0.138. The molecule has 0 fully saturated rings. The second-order valence-corrected chi connectivity index (χ2v) is 5.52. The van der Waals surface area contributed by atoms with E-state index in [0.717, 1.165) is 0 Å².